The number of nitrogens with two attached hydrogens (primary N) is 2. The largest absolute Gasteiger partial charge is 0.364 e. The molecule has 1 aromatic rings. The summed E-state index contributed by atoms with van der Waals surface area (Å²) in [4.78, 5) is 11.0. The van der Waals surface area contributed by atoms with E-state index in [9.17, 15) is 13.2 Å². The van der Waals surface area contributed by atoms with Crippen LogP contribution in [-0.4, -0.2) is 31.5 Å². The predicted molar refractivity (Wildman–Crippen MR) is 62.8 cm³/mol. The Balaban J connectivity index is 3.08. The summed E-state index contributed by atoms with van der Waals surface area (Å²) < 4.78 is 27.5. The molecule has 1 aromatic heterocycles. The molecular weight excluding hydrogens is 244 g/mol. The third-order valence-corrected chi connectivity index (χ3v) is 3.81. The number of carbonyl (C=O) groups is 1. The molecule has 1 atom stereocenters. The lowest BCUT2D eigenvalue weighted by atomic mass is 10.4. The van der Waals surface area contributed by atoms with Gasteiger partial charge in [-0.3, -0.25) is 4.79 Å². The van der Waals surface area contributed by atoms with Crippen molar-refractivity contribution < 1.29 is 13.2 Å². The maximum atomic E-state index is 11.9. The first-order valence-electron chi connectivity index (χ1n) is 4.96. The Bertz CT molecular complexity index is 520. The number of rotatable bonds is 5. The quantitative estimate of drug-likeness (QED) is 0.612. The minimum atomic E-state index is -3.67. The summed E-state index contributed by atoms with van der Waals surface area (Å²) in [5, 5.41) is 0. The number of primary amides is 1. The number of hydrogen-bond acceptors (Lipinski definition) is 4. The van der Waals surface area contributed by atoms with E-state index in [4.69, 9.17) is 11.5 Å². The van der Waals surface area contributed by atoms with Gasteiger partial charge < -0.3 is 16.0 Å². The van der Waals surface area contributed by atoms with E-state index in [0.29, 0.717) is 0 Å². The van der Waals surface area contributed by atoms with Gasteiger partial charge >= 0.3 is 0 Å². The molecule has 1 heterocycles. The average Bonchev–Trinajstić information content (AvgIpc) is 2.60. The third-order valence-electron chi connectivity index (χ3n) is 2.25. The molecular formula is C9H16N4O3S. The molecule has 0 bridgehead atoms. The topological polar surface area (TPSA) is 120 Å². The lowest BCUT2D eigenvalue weighted by molar-refractivity contribution is 0.0992. The predicted octanol–water partition coefficient (Wildman–Crippen LogP) is -1.25. The summed E-state index contributed by atoms with van der Waals surface area (Å²) in [6.07, 6.45) is 1.33. The smallest absolute Gasteiger partial charge is 0.265 e. The van der Waals surface area contributed by atoms with E-state index in [-0.39, 0.29) is 23.2 Å². The molecule has 17 heavy (non-hydrogen) atoms. The first-order valence-corrected chi connectivity index (χ1v) is 6.45. The summed E-state index contributed by atoms with van der Waals surface area (Å²) in [6, 6.07) is 0.853. The van der Waals surface area contributed by atoms with Crippen molar-refractivity contribution in [2.75, 3.05) is 6.54 Å². The van der Waals surface area contributed by atoms with Gasteiger partial charge in [0.25, 0.3) is 5.91 Å². The van der Waals surface area contributed by atoms with Crippen molar-refractivity contribution in [2.24, 2.45) is 18.5 Å². The van der Waals surface area contributed by atoms with Gasteiger partial charge in [-0.1, -0.05) is 0 Å². The number of carbonyl (C=O) groups excluding carboxylic acids is 1. The zero-order valence-corrected chi connectivity index (χ0v) is 10.5. The molecule has 0 saturated heterocycles. The first-order chi connectivity index (χ1) is 7.77. The molecule has 0 unspecified atom stereocenters. The van der Waals surface area contributed by atoms with Crippen molar-refractivity contribution in [2.45, 2.75) is 17.9 Å². The number of aromatic nitrogens is 1. The van der Waals surface area contributed by atoms with Gasteiger partial charge in [-0.05, 0) is 13.0 Å². The lowest BCUT2D eigenvalue weighted by Crippen LogP contribution is -2.37. The molecule has 8 heteroatoms. The fourth-order valence-electron chi connectivity index (χ4n) is 1.31. The van der Waals surface area contributed by atoms with E-state index in [1.54, 1.807) is 14.0 Å². The zero-order chi connectivity index (χ0) is 13.2. The second-order valence-corrected chi connectivity index (χ2v) is 5.51. The van der Waals surface area contributed by atoms with Crippen LogP contribution >= 0.6 is 0 Å². The highest BCUT2D eigenvalue weighted by molar-refractivity contribution is 7.89. The standard InChI is InChI=1S/C9H16N4O3S/c1-6(4-10)12-17(15,16)7-3-8(9(11)14)13(2)5-7/h3,5-6,12H,4,10H2,1-2H3,(H2,11,14)/t6-/m1/s1. The second-order valence-electron chi connectivity index (χ2n) is 3.79. The number of nitrogens with zero attached hydrogens (tertiary/aromatic N) is 1. The molecule has 0 spiro atoms. The van der Waals surface area contributed by atoms with Gasteiger partial charge in [-0.25, -0.2) is 13.1 Å². The monoisotopic (exact) mass is 260 g/mol. The van der Waals surface area contributed by atoms with Crippen LogP contribution in [0.3, 0.4) is 0 Å². The second kappa shape index (κ2) is 4.86. The first kappa shape index (κ1) is 13.7. The molecule has 1 amide bonds. The van der Waals surface area contributed by atoms with Crippen LogP contribution in [0.15, 0.2) is 17.2 Å². The van der Waals surface area contributed by atoms with Gasteiger partial charge in [0.15, 0.2) is 0 Å². The van der Waals surface area contributed by atoms with Gasteiger partial charge in [0.2, 0.25) is 10.0 Å². The Hall–Kier alpha value is -1.38. The highest BCUT2D eigenvalue weighted by atomic mass is 32.2. The van der Waals surface area contributed by atoms with Crippen molar-refractivity contribution in [1.82, 2.24) is 9.29 Å². The van der Waals surface area contributed by atoms with E-state index in [0.717, 1.165) is 0 Å². The molecule has 0 aliphatic heterocycles. The van der Waals surface area contributed by atoms with Crippen LogP contribution in [0, 0.1) is 0 Å². The van der Waals surface area contributed by atoms with Gasteiger partial charge in [0.1, 0.15) is 10.6 Å². The normalized spacial score (nSPS) is 13.6. The molecule has 0 saturated carbocycles. The van der Waals surface area contributed by atoms with Gasteiger partial charge in [0, 0.05) is 25.8 Å². The number of hydrogen-bond donors (Lipinski definition) is 3. The number of amides is 1. The SMILES string of the molecule is C[C@H](CN)NS(=O)(=O)c1cc(C(N)=O)n(C)c1. The Labute approximate surface area is 99.8 Å². The van der Waals surface area contributed by atoms with Crippen molar-refractivity contribution in [1.29, 1.82) is 0 Å². The highest BCUT2D eigenvalue weighted by Crippen LogP contribution is 2.13. The van der Waals surface area contributed by atoms with Crippen LogP contribution < -0.4 is 16.2 Å². The summed E-state index contributed by atoms with van der Waals surface area (Å²) in [7, 11) is -2.12. The highest BCUT2D eigenvalue weighted by Gasteiger charge is 2.20. The maximum Gasteiger partial charge on any atom is 0.265 e. The van der Waals surface area contributed by atoms with Crippen LogP contribution in [0.5, 0.6) is 0 Å². The molecule has 5 N–H and O–H groups in total. The third kappa shape index (κ3) is 3.05. The summed E-state index contributed by atoms with van der Waals surface area (Å²) in [5.41, 5.74) is 10.6. The van der Waals surface area contributed by atoms with Crippen molar-refractivity contribution in [3.63, 3.8) is 0 Å². The van der Waals surface area contributed by atoms with E-state index in [1.807, 2.05) is 0 Å². The molecule has 0 aliphatic rings. The maximum absolute atomic E-state index is 11.9. The molecule has 0 aliphatic carbocycles. The minimum Gasteiger partial charge on any atom is -0.364 e. The van der Waals surface area contributed by atoms with E-state index >= 15 is 0 Å². The Kier molecular flexibility index (Phi) is 3.91. The Morgan fingerprint density at radius 3 is 2.59 bits per heavy atom. The van der Waals surface area contributed by atoms with Gasteiger partial charge in [-0.2, -0.15) is 0 Å². The van der Waals surface area contributed by atoms with Crippen molar-refractivity contribution in [3.8, 4) is 0 Å². The fourth-order valence-corrected chi connectivity index (χ4v) is 2.63. The molecule has 1 rings (SSSR count). The Morgan fingerprint density at radius 1 is 1.59 bits per heavy atom. The van der Waals surface area contributed by atoms with Crippen molar-refractivity contribution in [3.05, 3.63) is 18.0 Å². The minimum absolute atomic E-state index is 0.00546. The number of aryl methyl sites for hydroxylation is 1. The van der Waals surface area contributed by atoms with E-state index in [1.165, 1.54) is 16.8 Å². The average molecular weight is 260 g/mol. The molecule has 0 radical (unpaired) electrons. The summed E-state index contributed by atoms with van der Waals surface area (Å²) in [6.45, 7) is 1.84. The molecule has 7 nitrogen and oxygen atoms in total. The van der Waals surface area contributed by atoms with Crippen LogP contribution in [0.4, 0.5) is 0 Å². The lowest BCUT2D eigenvalue weighted by Gasteiger charge is -2.10. The van der Waals surface area contributed by atoms with Crippen LogP contribution in [0.2, 0.25) is 0 Å². The van der Waals surface area contributed by atoms with Crippen LogP contribution in [-0.2, 0) is 17.1 Å². The molecule has 96 valence electrons. The van der Waals surface area contributed by atoms with Gasteiger partial charge in [0.05, 0.1) is 0 Å². The summed E-state index contributed by atoms with van der Waals surface area (Å²) in [5.74, 6) is -0.680. The Morgan fingerprint density at radius 2 is 2.18 bits per heavy atom. The zero-order valence-electron chi connectivity index (χ0n) is 9.67. The number of nitrogens with one attached hydrogen (secondary N) is 1. The number of sulfonamides is 1. The van der Waals surface area contributed by atoms with Crippen molar-refractivity contribution >= 4 is 15.9 Å². The molecule has 0 fully saturated rings. The van der Waals surface area contributed by atoms with E-state index < -0.39 is 15.9 Å². The summed E-state index contributed by atoms with van der Waals surface area (Å²) >= 11 is 0. The van der Waals surface area contributed by atoms with Gasteiger partial charge in [-0.15, -0.1) is 0 Å². The van der Waals surface area contributed by atoms with Crippen LogP contribution in [0.1, 0.15) is 17.4 Å². The fraction of sp³-hybridized carbons (Fsp3) is 0.444. The van der Waals surface area contributed by atoms with Crippen LogP contribution in [0.25, 0.3) is 0 Å². The molecule has 0 aromatic carbocycles. The van der Waals surface area contributed by atoms with E-state index in [2.05, 4.69) is 4.72 Å².